The highest BCUT2D eigenvalue weighted by Gasteiger charge is 2.08. The van der Waals surface area contributed by atoms with Gasteiger partial charge in [-0.1, -0.05) is 81.8 Å². The molecule has 0 saturated carbocycles. The number of rotatable bonds is 4. The molecule has 4 aromatic rings. The third kappa shape index (κ3) is 12.1. The molecule has 40 heavy (non-hydrogen) atoms. The minimum absolute atomic E-state index is 0.0523. The molecule has 0 radical (unpaired) electrons. The zero-order valence-corrected chi connectivity index (χ0v) is 25.5. The summed E-state index contributed by atoms with van der Waals surface area (Å²) in [6.07, 6.45) is 5.76. The Kier molecular flexibility index (Phi) is 14.6. The van der Waals surface area contributed by atoms with Gasteiger partial charge in [0.25, 0.3) is 0 Å². The third-order valence-electron chi connectivity index (χ3n) is 4.31. The van der Waals surface area contributed by atoms with Crippen LogP contribution in [0.4, 0.5) is 16.2 Å². The third-order valence-corrected chi connectivity index (χ3v) is 6.07. The van der Waals surface area contributed by atoms with E-state index >= 15 is 0 Å². The quantitative estimate of drug-likeness (QED) is 0.148. The Hall–Kier alpha value is -2.86. The molecular formula is C28H20Cl6N2O3S. The molecule has 4 aromatic carbocycles. The molecule has 5 nitrogen and oxygen atoms in total. The largest absolute Gasteiger partial charge is 0.504 e. The van der Waals surface area contributed by atoms with Gasteiger partial charge in [0.15, 0.2) is 11.5 Å². The molecule has 4 rings (SSSR count). The lowest BCUT2D eigenvalue weighted by Gasteiger charge is -2.09. The van der Waals surface area contributed by atoms with Crippen LogP contribution in [-0.4, -0.2) is 17.0 Å². The van der Waals surface area contributed by atoms with Crippen molar-refractivity contribution in [2.75, 3.05) is 10.6 Å². The first-order valence-corrected chi connectivity index (χ1v) is 13.3. The number of benzene rings is 4. The van der Waals surface area contributed by atoms with E-state index in [4.69, 9.17) is 77.1 Å². The highest BCUT2D eigenvalue weighted by atomic mass is 35.5. The van der Waals surface area contributed by atoms with Crippen LogP contribution in [0.3, 0.4) is 0 Å². The fraction of sp³-hybridized carbons (Fsp3) is 0. The molecule has 208 valence electrons. The molecule has 3 N–H and O–H groups in total. The standard InChI is InChI=1S/C13H9Cl3N2O.C12H7Cl3O2.C2H2.CH2S/c14-8-1-3-9(4-2-8)17-13(19)18-10-5-6-11(15)12(16)7-10;13-7-1-3-11(9(15)5-7)17-12-4-2-8(14)6-10(12)16;2*1-2/h1-7H,(H2,17,18,19);1-6,16H;1-2H;1H2/i;;2*1T. The number of carbonyl (C=O) groups excluding carboxylic acids is 1. The van der Waals surface area contributed by atoms with Crippen molar-refractivity contribution in [1.29, 1.82) is 0 Å². The highest BCUT2D eigenvalue weighted by Crippen LogP contribution is 2.36. The lowest BCUT2D eigenvalue weighted by Crippen LogP contribution is -2.19. The molecule has 0 aliphatic heterocycles. The Labute approximate surface area is 270 Å². The number of amides is 2. The van der Waals surface area contributed by atoms with Gasteiger partial charge in [-0.25, -0.2) is 4.79 Å². The first-order chi connectivity index (χ1) is 19.9. The second-order valence-corrected chi connectivity index (χ2v) is 9.53. The maximum absolute atomic E-state index is 11.7. The SMILES string of the molecule is O=C(Nc1ccc(Cl)cc1)Nc1ccc(Cl)c(Cl)c1.Oc1cc(Cl)ccc1Oc1ccc(Cl)cc1Cl.[3H]C#C.[3H]C=S. The summed E-state index contributed by atoms with van der Waals surface area (Å²) in [5.74, 6) is 1.47. The molecule has 0 heterocycles. The topological polar surface area (TPSA) is 70.6 Å². The number of carbonyl (C=O) groups is 1. The molecule has 0 aromatic heterocycles. The van der Waals surface area contributed by atoms with E-state index in [1.54, 1.807) is 72.8 Å². The van der Waals surface area contributed by atoms with Gasteiger partial charge in [0.05, 0.1) is 16.4 Å². The Morgan fingerprint density at radius 1 is 0.775 bits per heavy atom. The van der Waals surface area contributed by atoms with Crippen LogP contribution in [0.1, 0.15) is 2.74 Å². The van der Waals surface area contributed by atoms with E-state index in [0.29, 0.717) is 47.3 Å². The van der Waals surface area contributed by atoms with Crippen molar-refractivity contribution in [2.45, 2.75) is 0 Å². The number of phenolic OH excluding ortho intramolecular Hbond substituents is 1. The number of halogens is 6. The smallest absolute Gasteiger partial charge is 0.323 e. The van der Waals surface area contributed by atoms with Crippen LogP contribution < -0.4 is 15.4 Å². The van der Waals surface area contributed by atoms with Crippen LogP contribution in [0.5, 0.6) is 17.2 Å². The fourth-order valence-corrected chi connectivity index (χ4v) is 3.69. The number of anilines is 2. The molecular weight excluding hydrogens is 657 g/mol. The van der Waals surface area contributed by atoms with Gasteiger partial charge in [0.1, 0.15) is 7.12 Å². The van der Waals surface area contributed by atoms with Crippen molar-refractivity contribution in [1.82, 2.24) is 0 Å². The fourth-order valence-electron chi connectivity index (χ4n) is 2.65. The first kappa shape index (κ1) is 31.7. The van der Waals surface area contributed by atoms with Crippen molar-refractivity contribution < 1.29 is 17.4 Å². The predicted octanol–water partition coefficient (Wildman–Crippen LogP) is 11.3. The number of nitrogens with one attached hydrogen (secondary N) is 2. The van der Waals surface area contributed by atoms with Crippen LogP contribution in [0.25, 0.3) is 0 Å². The molecule has 0 atom stereocenters. The lowest BCUT2D eigenvalue weighted by molar-refractivity contribution is 0.262. The number of ether oxygens (including phenoxy) is 1. The van der Waals surface area contributed by atoms with E-state index in [1.165, 1.54) is 12.5 Å². The van der Waals surface area contributed by atoms with Crippen molar-refractivity contribution in [3.05, 3.63) is 109 Å². The summed E-state index contributed by atoms with van der Waals surface area (Å²) in [5, 5.41) is 17.7. The van der Waals surface area contributed by atoms with E-state index in [9.17, 15) is 9.90 Å². The average molecular weight is 681 g/mol. The normalized spacial score (nSPS) is 9.72. The summed E-state index contributed by atoms with van der Waals surface area (Å²) in [7, 11) is 0. The number of thiocarbonyl (C=S) groups is 1. The molecule has 12 heteroatoms. The van der Waals surface area contributed by atoms with Gasteiger partial charge in [0.2, 0.25) is 0 Å². The Bertz CT molecular complexity index is 1470. The molecule has 0 saturated heterocycles. The van der Waals surface area contributed by atoms with Gasteiger partial charge in [-0.15, -0.1) is 12.8 Å². The zero-order chi connectivity index (χ0) is 31.7. The van der Waals surface area contributed by atoms with Crippen molar-refractivity contribution in [3.63, 3.8) is 0 Å². The number of aromatic hydroxyl groups is 1. The molecule has 0 aliphatic rings. The van der Waals surface area contributed by atoms with Crippen LogP contribution in [0.15, 0.2) is 78.9 Å². The number of hydrogen-bond donors (Lipinski definition) is 3. The van der Waals surface area contributed by atoms with Gasteiger partial charge in [-0.2, -0.15) is 0 Å². The second-order valence-electron chi connectivity index (χ2n) is 7.00. The Morgan fingerprint density at radius 3 is 1.82 bits per heavy atom. The van der Waals surface area contributed by atoms with E-state index in [2.05, 4.69) is 29.3 Å². The van der Waals surface area contributed by atoms with E-state index < -0.39 is 0 Å². The molecule has 0 spiro atoms. The lowest BCUT2D eigenvalue weighted by atomic mass is 10.3. The first-order valence-electron chi connectivity index (χ1n) is 11.6. The maximum atomic E-state index is 11.7. The molecule has 0 unspecified atom stereocenters. The average Bonchev–Trinajstić information content (AvgIpc) is 2.92. The summed E-state index contributed by atoms with van der Waals surface area (Å²) >= 11 is 38.8. The summed E-state index contributed by atoms with van der Waals surface area (Å²) in [6.45, 7) is 0. The second kappa shape index (κ2) is 18.5. The van der Waals surface area contributed by atoms with Crippen molar-refractivity contribution in [2.24, 2.45) is 0 Å². The van der Waals surface area contributed by atoms with E-state index in [1.807, 2.05) is 0 Å². The molecule has 0 aliphatic carbocycles. The summed E-state index contributed by atoms with van der Waals surface area (Å²) in [5.41, 5.74) is 1.20. The maximum Gasteiger partial charge on any atom is 0.323 e. The van der Waals surface area contributed by atoms with Crippen LogP contribution in [0.2, 0.25) is 30.1 Å². The van der Waals surface area contributed by atoms with Crippen LogP contribution in [-0.2, 0) is 0 Å². The highest BCUT2D eigenvalue weighted by molar-refractivity contribution is 7.77. The van der Waals surface area contributed by atoms with Gasteiger partial charge in [0, 0.05) is 32.5 Å². The predicted molar refractivity (Wildman–Crippen MR) is 175 cm³/mol. The van der Waals surface area contributed by atoms with Crippen LogP contribution in [0, 0.1) is 12.8 Å². The number of terminal acetylenes is 1. The van der Waals surface area contributed by atoms with Crippen molar-refractivity contribution in [3.8, 4) is 30.1 Å². The van der Waals surface area contributed by atoms with E-state index in [-0.39, 0.29) is 17.5 Å². The number of phenols is 1. The van der Waals surface area contributed by atoms with Gasteiger partial charge < -0.3 is 20.5 Å². The van der Waals surface area contributed by atoms with Gasteiger partial charge in [-0.05, 0) is 78.6 Å². The summed E-state index contributed by atoms with van der Waals surface area (Å²) in [6, 6.07) is 20.7. The van der Waals surface area contributed by atoms with E-state index in [0.717, 1.165) is 5.85 Å². The van der Waals surface area contributed by atoms with Gasteiger partial charge >= 0.3 is 6.03 Å². The Morgan fingerprint density at radius 2 is 1.27 bits per heavy atom. The summed E-state index contributed by atoms with van der Waals surface area (Å²) < 4.78 is 17.1. The zero-order valence-electron chi connectivity index (χ0n) is 22.1. The number of hydrogen-bond acceptors (Lipinski definition) is 4. The molecule has 0 fully saturated rings. The molecule has 0 bridgehead atoms. The Balaban J connectivity index is 0.000000355. The minimum atomic E-state index is -0.374. The van der Waals surface area contributed by atoms with Crippen LogP contribution >= 0.6 is 81.8 Å². The van der Waals surface area contributed by atoms with Crippen molar-refractivity contribution >= 4 is 105 Å². The van der Waals surface area contributed by atoms with Gasteiger partial charge in [-0.3, -0.25) is 0 Å². The molecule has 2 amide bonds. The monoisotopic (exact) mass is 678 g/mol. The number of urea groups is 1. The minimum Gasteiger partial charge on any atom is -0.504 e. The summed E-state index contributed by atoms with van der Waals surface area (Å²) in [4.78, 5) is 11.7.